The van der Waals surface area contributed by atoms with E-state index in [-0.39, 0.29) is 11.7 Å². The van der Waals surface area contributed by atoms with Crippen molar-refractivity contribution in [3.63, 3.8) is 0 Å². The molecule has 0 aliphatic heterocycles. The number of aromatic carboxylic acids is 1. The van der Waals surface area contributed by atoms with Crippen LogP contribution in [0.4, 0.5) is 0 Å². The van der Waals surface area contributed by atoms with Crippen molar-refractivity contribution in [2.24, 2.45) is 0 Å². The van der Waals surface area contributed by atoms with Crippen molar-refractivity contribution in [3.8, 4) is 17.2 Å². The minimum absolute atomic E-state index is 0.133. The number of carbonyl (C=O) groups is 1. The number of rotatable bonds is 5. The molecule has 5 heteroatoms. The molecule has 33 heavy (non-hydrogen) atoms. The SMILES string of the molecule is Cc1c(-c2cc(C(=O)O)c3c(O[C@H](C)c4ccccc4)ccc(C)c3n2)oc2ccccc12. The first kappa shape index (κ1) is 20.8. The van der Waals surface area contributed by atoms with Crippen LogP contribution in [0, 0.1) is 13.8 Å². The normalized spacial score (nSPS) is 12.2. The molecule has 1 atom stereocenters. The lowest BCUT2D eigenvalue weighted by atomic mass is 10.0. The van der Waals surface area contributed by atoms with Gasteiger partial charge in [0.1, 0.15) is 23.1 Å². The summed E-state index contributed by atoms with van der Waals surface area (Å²) in [5, 5.41) is 11.6. The maximum absolute atomic E-state index is 12.4. The molecule has 0 radical (unpaired) electrons. The highest BCUT2D eigenvalue weighted by Crippen LogP contribution is 2.38. The number of ether oxygens (including phenoxy) is 1. The number of hydrogen-bond donors (Lipinski definition) is 1. The number of pyridine rings is 1. The minimum Gasteiger partial charge on any atom is -0.485 e. The van der Waals surface area contributed by atoms with E-state index in [9.17, 15) is 9.90 Å². The van der Waals surface area contributed by atoms with Gasteiger partial charge in [-0.25, -0.2) is 9.78 Å². The molecule has 5 aromatic rings. The van der Waals surface area contributed by atoms with E-state index in [4.69, 9.17) is 14.1 Å². The number of hydrogen-bond acceptors (Lipinski definition) is 4. The van der Waals surface area contributed by atoms with Crippen LogP contribution >= 0.6 is 0 Å². The molecule has 164 valence electrons. The van der Waals surface area contributed by atoms with E-state index in [1.54, 1.807) is 6.07 Å². The van der Waals surface area contributed by atoms with E-state index in [0.29, 0.717) is 28.1 Å². The van der Waals surface area contributed by atoms with Crippen LogP contribution in [-0.2, 0) is 0 Å². The third-order valence-corrected chi connectivity index (χ3v) is 6.00. The Labute approximate surface area is 191 Å². The Bertz CT molecular complexity index is 1500. The molecular formula is C28H23NO4. The van der Waals surface area contributed by atoms with Crippen LogP contribution in [0.1, 0.15) is 40.1 Å². The zero-order valence-electron chi connectivity index (χ0n) is 18.6. The lowest BCUT2D eigenvalue weighted by Gasteiger charge is -2.18. The lowest BCUT2D eigenvalue weighted by Crippen LogP contribution is -2.07. The van der Waals surface area contributed by atoms with E-state index in [2.05, 4.69) is 0 Å². The Hall–Kier alpha value is -4.12. The molecule has 2 aromatic heterocycles. The summed E-state index contributed by atoms with van der Waals surface area (Å²) in [5.41, 5.74) is 4.75. The Balaban J connectivity index is 1.70. The largest absolute Gasteiger partial charge is 0.485 e. The van der Waals surface area contributed by atoms with Gasteiger partial charge in [-0.2, -0.15) is 0 Å². The summed E-state index contributed by atoms with van der Waals surface area (Å²) < 4.78 is 12.3. The summed E-state index contributed by atoms with van der Waals surface area (Å²) in [7, 11) is 0. The van der Waals surface area contributed by atoms with Crippen LogP contribution in [0.2, 0.25) is 0 Å². The molecular weight excluding hydrogens is 414 g/mol. The van der Waals surface area contributed by atoms with Crippen LogP contribution in [0.25, 0.3) is 33.3 Å². The van der Waals surface area contributed by atoms with Crippen molar-refractivity contribution in [3.05, 3.63) is 95.1 Å². The van der Waals surface area contributed by atoms with Gasteiger partial charge in [-0.1, -0.05) is 54.6 Å². The number of carboxylic acid groups (broad SMARTS) is 1. The summed E-state index contributed by atoms with van der Waals surface area (Å²) >= 11 is 0. The van der Waals surface area contributed by atoms with Gasteiger partial charge in [0.05, 0.1) is 16.5 Å². The minimum atomic E-state index is -1.04. The third kappa shape index (κ3) is 3.61. The first-order valence-corrected chi connectivity index (χ1v) is 10.8. The Morgan fingerprint density at radius 2 is 1.73 bits per heavy atom. The number of furan rings is 1. The summed E-state index contributed by atoms with van der Waals surface area (Å²) in [5.74, 6) is 0.0222. The molecule has 0 saturated heterocycles. The predicted octanol–water partition coefficient (Wildman–Crippen LogP) is 7.10. The number of para-hydroxylation sites is 1. The number of carboxylic acids is 1. The Morgan fingerprint density at radius 1 is 1.00 bits per heavy atom. The highest BCUT2D eigenvalue weighted by Gasteiger charge is 2.22. The molecule has 5 rings (SSSR count). The average Bonchev–Trinajstić information content (AvgIpc) is 3.17. The van der Waals surface area contributed by atoms with Crippen LogP contribution in [0.15, 0.2) is 77.2 Å². The van der Waals surface area contributed by atoms with Crippen molar-refractivity contribution >= 4 is 27.8 Å². The summed E-state index contributed by atoms with van der Waals surface area (Å²) in [6.07, 6.45) is -0.254. The molecule has 0 spiro atoms. The van der Waals surface area contributed by atoms with Crippen molar-refractivity contribution in [1.29, 1.82) is 0 Å². The molecule has 5 nitrogen and oxygen atoms in total. The fourth-order valence-corrected chi connectivity index (χ4v) is 4.23. The maximum atomic E-state index is 12.4. The van der Waals surface area contributed by atoms with Crippen molar-refractivity contribution < 1.29 is 19.1 Å². The van der Waals surface area contributed by atoms with E-state index >= 15 is 0 Å². The van der Waals surface area contributed by atoms with E-state index in [1.165, 1.54) is 0 Å². The van der Waals surface area contributed by atoms with Crippen LogP contribution in [0.5, 0.6) is 5.75 Å². The zero-order chi connectivity index (χ0) is 23.1. The fraction of sp³-hybridized carbons (Fsp3) is 0.143. The number of aryl methyl sites for hydroxylation is 2. The quantitative estimate of drug-likeness (QED) is 0.317. The van der Waals surface area contributed by atoms with E-state index in [0.717, 1.165) is 27.7 Å². The third-order valence-electron chi connectivity index (χ3n) is 6.00. The van der Waals surface area contributed by atoms with Gasteiger partial charge < -0.3 is 14.3 Å². The Kier molecular flexibility index (Phi) is 5.09. The smallest absolute Gasteiger partial charge is 0.336 e. The molecule has 2 heterocycles. The first-order chi connectivity index (χ1) is 15.9. The monoisotopic (exact) mass is 437 g/mol. The molecule has 0 bridgehead atoms. The molecule has 0 aliphatic rings. The Morgan fingerprint density at radius 3 is 2.45 bits per heavy atom. The zero-order valence-corrected chi connectivity index (χ0v) is 18.6. The topological polar surface area (TPSA) is 72.6 Å². The molecule has 0 unspecified atom stereocenters. The average molecular weight is 437 g/mol. The maximum Gasteiger partial charge on any atom is 0.336 e. The standard InChI is InChI=1S/C28H23NO4/c1-16-13-14-24(32-18(3)19-9-5-4-6-10-19)25-21(28(30)31)15-22(29-26(16)25)27-17(2)20-11-7-8-12-23(20)33-27/h4-15,18H,1-3H3,(H,30,31)/t18-/m1/s1. The van der Waals surface area contributed by atoms with Crippen molar-refractivity contribution in [2.45, 2.75) is 26.9 Å². The first-order valence-electron chi connectivity index (χ1n) is 10.8. The molecule has 1 N–H and O–H groups in total. The predicted molar refractivity (Wildman–Crippen MR) is 129 cm³/mol. The van der Waals surface area contributed by atoms with Gasteiger partial charge >= 0.3 is 5.97 Å². The van der Waals surface area contributed by atoms with Crippen LogP contribution in [0.3, 0.4) is 0 Å². The number of fused-ring (bicyclic) bond motifs is 2. The van der Waals surface area contributed by atoms with Crippen molar-refractivity contribution in [1.82, 2.24) is 4.98 Å². The molecule has 0 fully saturated rings. The summed E-state index contributed by atoms with van der Waals surface area (Å²) in [4.78, 5) is 17.2. The number of nitrogens with zero attached hydrogens (tertiary/aromatic N) is 1. The van der Waals surface area contributed by atoms with E-state index in [1.807, 2.05) is 87.5 Å². The second kappa shape index (κ2) is 8.10. The molecule has 0 saturated carbocycles. The second-order valence-corrected chi connectivity index (χ2v) is 8.19. The fourth-order valence-electron chi connectivity index (χ4n) is 4.23. The van der Waals surface area contributed by atoms with Crippen LogP contribution in [-0.4, -0.2) is 16.1 Å². The molecule has 3 aromatic carbocycles. The lowest BCUT2D eigenvalue weighted by molar-refractivity contribution is 0.0698. The number of benzene rings is 3. The second-order valence-electron chi connectivity index (χ2n) is 8.19. The van der Waals surface area contributed by atoms with Crippen LogP contribution < -0.4 is 4.74 Å². The highest BCUT2D eigenvalue weighted by molar-refractivity contribution is 6.07. The van der Waals surface area contributed by atoms with Gasteiger partial charge in [-0.05, 0) is 50.1 Å². The highest BCUT2D eigenvalue weighted by atomic mass is 16.5. The van der Waals surface area contributed by atoms with Crippen molar-refractivity contribution in [2.75, 3.05) is 0 Å². The van der Waals surface area contributed by atoms with Gasteiger partial charge in [0.15, 0.2) is 5.76 Å². The molecule has 0 amide bonds. The summed E-state index contributed by atoms with van der Waals surface area (Å²) in [6, 6.07) is 22.9. The van der Waals surface area contributed by atoms with Gasteiger partial charge in [0, 0.05) is 10.9 Å². The van der Waals surface area contributed by atoms with E-state index < -0.39 is 5.97 Å². The van der Waals surface area contributed by atoms with Gasteiger partial charge in [-0.15, -0.1) is 0 Å². The summed E-state index contributed by atoms with van der Waals surface area (Å²) in [6.45, 7) is 5.82. The van der Waals surface area contributed by atoms with Gasteiger partial charge in [-0.3, -0.25) is 0 Å². The van der Waals surface area contributed by atoms with Gasteiger partial charge in [0.25, 0.3) is 0 Å². The van der Waals surface area contributed by atoms with Gasteiger partial charge in [0.2, 0.25) is 0 Å². The number of aromatic nitrogens is 1. The molecule has 0 aliphatic carbocycles.